The molecule has 1 aliphatic rings. The number of nitrogens with one attached hydrogen (secondary N) is 2. The minimum absolute atomic E-state index is 0.106. The largest absolute Gasteiger partial charge is 0.388 e. The van der Waals surface area contributed by atoms with Crippen LogP contribution in [0.3, 0.4) is 0 Å². The molecule has 1 aromatic rings. The van der Waals surface area contributed by atoms with Crippen molar-refractivity contribution in [2.24, 2.45) is 0 Å². The summed E-state index contributed by atoms with van der Waals surface area (Å²) < 4.78 is 5.04. The van der Waals surface area contributed by atoms with Crippen molar-refractivity contribution < 1.29 is 14.4 Å². The van der Waals surface area contributed by atoms with Crippen LogP contribution >= 0.6 is 0 Å². The lowest BCUT2D eigenvalue weighted by Crippen LogP contribution is -2.44. The Morgan fingerprint density at radius 2 is 2.25 bits per heavy atom. The first-order chi connectivity index (χ1) is 9.50. The molecule has 0 unspecified atom stereocenters. The summed E-state index contributed by atoms with van der Waals surface area (Å²) in [4.78, 5) is 12.0. The summed E-state index contributed by atoms with van der Waals surface area (Å²) in [5, 5.41) is 20.4. The summed E-state index contributed by atoms with van der Waals surface area (Å²) in [5.74, 6) is 0.569. The number of carbonyl (C=O) groups excluding carboxylic acids is 1. The van der Waals surface area contributed by atoms with Crippen LogP contribution in [0.4, 0.5) is 0 Å². The SMILES string of the molecule is Cc1noc(C)c1CC(=O)NC[C@@]1(O)CCCNCC1. The molecule has 0 saturated carbocycles. The molecule has 1 amide bonds. The van der Waals surface area contributed by atoms with Crippen LogP contribution in [0.15, 0.2) is 4.52 Å². The second-order valence-electron chi connectivity index (χ2n) is 5.58. The van der Waals surface area contributed by atoms with E-state index in [1.807, 2.05) is 6.92 Å². The minimum atomic E-state index is -0.794. The van der Waals surface area contributed by atoms with Crippen LogP contribution in [-0.2, 0) is 11.2 Å². The fraction of sp³-hybridized carbons (Fsp3) is 0.714. The van der Waals surface area contributed by atoms with E-state index in [9.17, 15) is 9.90 Å². The number of hydrogen-bond acceptors (Lipinski definition) is 5. The summed E-state index contributed by atoms with van der Waals surface area (Å²) in [7, 11) is 0. The molecule has 0 spiro atoms. The Balaban J connectivity index is 1.85. The molecular formula is C14H23N3O3. The maximum Gasteiger partial charge on any atom is 0.224 e. The van der Waals surface area contributed by atoms with Gasteiger partial charge in [-0.2, -0.15) is 0 Å². The summed E-state index contributed by atoms with van der Waals surface area (Å²) in [6.07, 6.45) is 2.55. The zero-order valence-electron chi connectivity index (χ0n) is 12.2. The molecule has 2 rings (SSSR count). The standard InChI is InChI=1S/C14H23N3O3/c1-10-12(11(2)20-17-10)8-13(18)16-9-14(19)4-3-6-15-7-5-14/h15,19H,3-9H2,1-2H3,(H,16,18)/t14-/m1/s1. The van der Waals surface area contributed by atoms with Crippen molar-refractivity contribution in [2.45, 2.75) is 45.1 Å². The zero-order chi connectivity index (χ0) is 14.6. The monoisotopic (exact) mass is 281 g/mol. The second-order valence-corrected chi connectivity index (χ2v) is 5.58. The maximum atomic E-state index is 12.0. The number of rotatable bonds is 4. The number of carbonyl (C=O) groups is 1. The molecule has 1 atom stereocenters. The van der Waals surface area contributed by atoms with E-state index in [1.54, 1.807) is 6.92 Å². The van der Waals surface area contributed by atoms with Crippen LogP contribution in [0.2, 0.25) is 0 Å². The lowest BCUT2D eigenvalue weighted by Gasteiger charge is -2.26. The van der Waals surface area contributed by atoms with Crippen molar-refractivity contribution in [3.63, 3.8) is 0 Å². The minimum Gasteiger partial charge on any atom is -0.388 e. The van der Waals surface area contributed by atoms with Gasteiger partial charge in [-0.05, 0) is 46.2 Å². The molecular weight excluding hydrogens is 258 g/mol. The molecule has 6 nitrogen and oxygen atoms in total. The van der Waals surface area contributed by atoms with Crippen molar-refractivity contribution in [2.75, 3.05) is 19.6 Å². The summed E-state index contributed by atoms with van der Waals surface area (Å²) in [6.45, 7) is 5.64. The molecule has 1 aromatic heterocycles. The van der Waals surface area contributed by atoms with Gasteiger partial charge in [0.1, 0.15) is 5.76 Å². The highest BCUT2D eigenvalue weighted by atomic mass is 16.5. The maximum absolute atomic E-state index is 12.0. The number of aryl methyl sites for hydroxylation is 2. The number of aromatic nitrogens is 1. The average Bonchev–Trinajstić information content (AvgIpc) is 2.63. The number of nitrogens with zero attached hydrogens (tertiary/aromatic N) is 1. The van der Waals surface area contributed by atoms with Crippen LogP contribution in [-0.4, -0.2) is 41.4 Å². The molecule has 6 heteroatoms. The molecule has 112 valence electrons. The van der Waals surface area contributed by atoms with Gasteiger partial charge < -0.3 is 20.3 Å². The van der Waals surface area contributed by atoms with E-state index in [2.05, 4.69) is 15.8 Å². The van der Waals surface area contributed by atoms with Crippen LogP contribution in [0.1, 0.15) is 36.3 Å². The number of hydrogen-bond donors (Lipinski definition) is 3. The van der Waals surface area contributed by atoms with Gasteiger partial charge in [-0.1, -0.05) is 5.16 Å². The van der Waals surface area contributed by atoms with Crippen LogP contribution in [0, 0.1) is 13.8 Å². The van der Waals surface area contributed by atoms with E-state index in [0.717, 1.165) is 30.8 Å². The predicted molar refractivity (Wildman–Crippen MR) is 74.4 cm³/mol. The molecule has 1 fully saturated rings. The van der Waals surface area contributed by atoms with Crippen LogP contribution in [0.25, 0.3) is 0 Å². The zero-order valence-corrected chi connectivity index (χ0v) is 12.2. The molecule has 0 aliphatic carbocycles. The molecule has 0 aromatic carbocycles. The van der Waals surface area contributed by atoms with Gasteiger partial charge in [0.15, 0.2) is 0 Å². The van der Waals surface area contributed by atoms with Crippen molar-refractivity contribution in [1.82, 2.24) is 15.8 Å². The highest BCUT2D eigenvalue weighted by Crippen LogP contribution is 2.18. The van der Waals surface area contributed by atoms with E-state index < -0.39 is 5.60 Å². The quantitative estimate of drug-likeness (QED) is 0.746. The Morgan fingerprint density at radius 3 is 2.95 bits per heavy atom. The molecule has 1 saturated heterocycles. The van der Waals surface area contributed by atoms with E-state index >= 15 is 0 Å². The number of aliphatic hydroxyl groups is 1. The van der Waals surface area contributed by atoms with Gasteiger partial charge in [0.2, 0.25) is 5.91 Å². The van der Waals surface area contributed by atoms with Gasteiger partial charge in [-0.15, -0.1) is 0 Å². The Morgan fingerprint density at radius 1 is 1.45 bits per heavy atom. The molecule has 0 bridgehead atoms. The fourth-order valence-corrected chi connectivity index (χ4v) is 2.53. The lowest BCUT2D eigenvalue weighted by molar-refractivity contribution is -0.121. The third-order valence-corrected chi connectivity index (χ3v) is 3.90. The second kappa shape index (κ2) is 6.37. The smallest absolute Gasteiger partial charge is 0.224 e. The highest BCUT2D eigenvalue weighted by Gasteiger charge is 2.28. The van der Waals surface area contributed by atoms with E-state index in [4.69, 9.17) is 4.52 Å². The van der Waals surface area contributed by atoms with Gasteiger partial charge in [0.05, 0.1) is 17.7 Å². The Kier molecular flexibility index (Phi) is 4.77. The van der Waals surface area contributed by atoms with Gasteiger partial charge in [-0.25, -0.2) is 0 Å². The Hall–Kier alpha value is -1.40. The van der Waals surface area contributed by atoms with E-state index in [0.29, 0.717) is 25.1 Å². The first-order valence-electron chi connectivity index (χ1n) is 7.12. The van der Waals surface area contributed by atoms with Gasteiger partial charge in [-0.3, -0.25) is 4.79 Å². The summed E-state index contributed by atoms with van der Waals surface area (Å²) in [5.41, 5.74) is 0.782. The van der Waals surface area contributed by atoms with Crippen LogP contribution < -0.4 is 10.6 Å². The molecule has 1 aliphatic heterocycles. The van der Waals surface area contributed by atoms with Crippen molar-refractivity contribution in [3.8, 4) is 0 Å². The average molecular weight is 281 g/mol. The predicted octanol–water partition coefficient (Wildman–Crippen LogP) is 0.455. The lowest BCUT2D eigenvalue weighted by atomic mass is 9.95. The topological polar surface area (TPSA) is 87.4 Å². The van der Waals surface area contributed by atoms with Gasteiger partial charge >= 0.3 is 0 Å². The third-order valence-electron chi connectivity index (χ3n) is 3.90. The van der Waals surface area contributed by atoms with Crippen LogP contribution in [0.5, 0.6) is 0 Å². The molecule has 2 heterocycles. The van der Waals surface area contributed by atoms with E-state index in [-0.39, 0.29) is 12.3 Å². The molecule has 3 N–H and O–H groups in total. The third kappa shape index (κ3) is 3.80. The highest BCUT2D eigenvalue weighted by molar-refractivity contribution is 5.79. The van der Waals surface area contributed by atoms with Gasteiger partial charge in [0.25, 0.3) is 0 Å². The Bertz CT molecular complexity index is 443. The Labute approximate surface area is 118 Å². The molecule has 0 radical (unpaired) electrons. The van der Waals surface area contributed by atoms with E-state index in [1.165, 1.54) is 0 Å². The van der Waals surface area contributed by atoms with Crippen molar-refractivity contribution in [3.05, 3.63) is 17.0 Å². The van der Waals surface area contributed by atoms with Crippen molar-refractivity contribution in [1.29, 1.82) is 0 Å². The summed E-state index contributed by atoms with van der Waals surface area (Å²) >= 11 is 0. The first kappa shape index (κ1) is 15.0. The normalized spacial score (nSPS) is 23.4. The fourth-order valence-electron chi connectivity index (χ4n) is 2.53. The first-order valence-corrected chi connectivity index (χ1v) is 7.12. The molecule has 20 heavy (non-hydrogen) atoms. The van der Waals surface area contributed by atoms with Gasteiger partial charge in [0, 0.05) is 12.1 Å². The number of amides is 1. The summed E-state index contributed by atoms with van der Waals surface area (Å²) in [6, 6.07) is 0. The van der Waals surface area contributed by atoms with Crippen molar-refractivity contribution >= 4 is 5.91 Å².